The van der Waals surface area contributed by atoms with Crippen molar-refractivity contribution in [1.82, 2.24) is 19.4 Å². The van der Waals surface area contributed by atoms with Crippen LogP contribution >= 0.6 is 23.1 Å². The summed E-state index contributed by atoms with van der Waals surface area (Å²) in [4.78, 5) is 25.7. The molecule has 2 fully saturated rings. The zero-order valence-corrected chi connectivity index (χ0v) is 18.2. The van der Waals surface area contributed by atoms with Gasteiger partial charge in [0.2, 0.25) is 21.1 Å². The zero-order valence-electron chi connectivity index (χ0n) is 13.8. The summed E-state index contributed by atoms with van der Waals surface area (Å²) < 4.78 is 25.5. The van der Waals surface area contributed by atoms with E-state index in [1.165, 1.54) is 0 Å². The molecule has 0 bridgehead atoms. The Kier molecular flexibility index (Phi) is 5.18. The Hall–Kier alpha value is -0.700. The number of nitrogen functional groups attached to an aromatic ring is 1. The number of amides is 1. The van der Waals surface area contributed by atoms with Crippen LogP contribution < -0.4 is 40.4 Å². The Bertz CT molecular complexity index is 931. The summed E-state index contributed by atoms with van der Waals surface area (Å²) in [7, 11) is -3.56. The van der Waals surface area contributed by atoms with Crippen LogP contribution in [0.2, 0.25) is 0 Å². The van der Waals surface area contributed by atoms with Gasteiger partial charge in [-0.15, -0.1) is 10.2 Å². The van der Waals surface area contributed by atoms with Gasteiger partial charge >= 0.3 is 29.6 Å². The average Bonchev–Trinajstić information content (AvgIpc) is 3.06. The SMILES string of the molecule is CS(=O)(=O)N1CCC2C(Sc3nnc(N)s3)=C(C(=O)[O-])N3C(=O)[C@@H]1[C@@H]23.[Na+]. The molecule has 2 saturated heterocycles. The van der Waals surface area contributed by atoms with Crippen LogP contribution in [-0.4, -0.2) is 64.6 Å². The molecule has 2 N–H and O–H groups in total. The molecule has 1 aromatic heterocycles. The smallest absolute Gasteiger partial charge is 0.543 e. The van der Waals surface area contributed by atoms with Gasteiger partial charge in [-0.25, -0.2) is 8.42 Å². The number of carbonyl (C=O) groups excluding carboxylic acids is 2. The number of hydrogen-bond acceptors (Lipinski definition) is 10. The summed E-state index contributed by atoms with van der Waals surface area (Å²) in [6.07, 6.45) is 1.45. The van der Waals surface area contributed by atoms with E-state index in [0.29, 0.717) is 15.7 Å². The summed E-state index contributed by atoms with van der Waals surface area (Å²) >= 11 is 2.21. The van der Waals surface area contributed by atoms with Crippen molar-refractivity contribution < 1.29 is 52.7 Å². The van der Waals surface area contributed by atoms with E-state index >= 15 is 0 Å². The van der Waals surface area contributed by atoms with Gasteiger partial charge in [0.25, 0.3) is 0 Å². The molecule has 0 spiro atoms. The van der Waals surface area contributed by atoms with Crippen LogP contribution in [0.3, 0.4) is 0 Å². The van der Waals surface area contributed by atoms with Gasteiger partial charge in [0, 0.05) is 17.4 Å². The minimum absolute atomic E-state index is 0. The molecular formula is C12H12N5NaO5S3. The van der Waals surface area contributed by atoms with Gasteiger partial charge in [0.15, 0.2) is 4.34 Å². The van der Waals surface area contributed by atoms with Gasteiger partial charge in [-0.3, -0.25) is 4.79 Å². The van der Waals surface area contributed by atoms with E-state index in [9.17, 15) is 23.1 Å². The van der Waals surface area contributed by atoms with E-state index in [4.69, 9.17) is 5.73 Å². The second kappa shape index (κ2) is 6.72. The molecule has 0 radical (unpaired) electrons. The quantitative estimate of drug-likeness (QED) is 0.370. The minimum atomic E-state index is -3.56. The van der Waals surface area contributed by atoms with Crippen LogP contribution in [0.15, 0.2) is 14.9 Å². The first kappa shape index (κ1) is 20.0. The topological polar surface area (TPSA) is 150 Å². The number of anilines is 1. The van der Waals surface area contributed by atoms with Crippen molar-refractivity contribution in [3.8, 4) is 0 Å². The predicted molar refractivity (Wildman–Crippen MR) is 86.3 cm³/mol. The maximum Gasteiger partial charge on any atom is 1.00 e. The number of rotatable bonds is 4. The Labute approximate surface area is 179 Å². The molecule has 10 nitrogen and oxygen atoms in total. The van der Waals surface area contributed by atoms with Gasteiger partial charge in [0.1, 0.15) is 6.04 Å². The number of β-lactam (4-membered cyclic amide) rings is 1. The first-order valence-corrected chi connectivity index (χ1v) is 10.7. The molecule has 0 saturated carbocycles. The summed E-state index contributed by atoms with van der Waals surface area (Å²) in [5.41, 5.74) is 5.35. The first-order valence-electron chi connectivity index (χ1n) is 7.22. The van der Waals surface area contributed by atoms with E-state index in [2.05, 4.69) is 10.2 Å². The Morgan fingerprint density at radius 3 is 2.65 bits per heavy atom. The van der Waals surface area contributed by atoms with Crippen LogP contribution in [0.5, 0.6) is 0 Å². The molecule has 14 heteroatoms. The maximum atomic E-state index is 12.5. The molecule has 4 heterocycles. The number of sulfonamides is 1. The molecule has 1 aromatic rings. The van der Waals surface area contributed by atoms with E-state index in [0.717, 1.165) is 38.6 Å². The van der Waals surface area contributed by atoms with Gasteiger partial charge < -0.3 is 20.5 Å². The zero-order chi connectivity index (χ0) is 18.1. The van der Waals surface area contributed by atoms with Crippen molar-refractivity contribution in [2.75, 3.05) is 18.5 Å². The molecule has 0 aliphatic carbocycles. The number of carbonyl (C=O) groups is 2. The third kappa shape index (κ3) is 2.89. The largest absolute Gasteiger partial charge is 1.00 e. The normalized spacial score (nSPS) is 27.8. The van der Waals surface area contributed by atoms with Crippen molar-refractivity contribution in [1.29, 1.82) is 0 Å². The van der Waals surface area contributed by atoms with E-state index in [-0.39, 0.29) is 52.8 Å². The molecule has 4 rings (SSSR count). The maximum absolute atomic E-state index is 12.5. The number of piperidine rings is 1. The number of carboxylic acids is 1. The number of aromatic nitrogens is 2. The summed E-state index contributed by atoms with van der Waals surface area (Å²) in [6.45, 7) is 0.160. The van der Waals surface area contributed by atoms with Crippen molar-refractivity contribution in [2.45, 2.75) is 22.8 Å². The summed E-state index contributed by atoms with van der Waals surface area (Å²) in [5.74, 6) is -2.28. The summed E-state index contributed by atoms with van der Waals surface area (Å²) in [5, 5.41) is 19.5. The molecule has 0 aromatic carbocycles. The first-order chi connectivity index (χ1) is 11.7. The number of hydrogen-bond donors (Lipinski definition) is 1. The van der Waals surface area contributed by atoms with Crippen molar-refractivity contribution >= 4 is 50.1 Å². The van der Waals surface area contributed by atoms with Crippen molar-refractivity contribution in [3.05, 3.63) is 10.6 Å². The number of nitrogens with zero attached hydrogens (tertiary/aromatic N) is 4. The second-order valence-corrected chi connectivity index (χ2v) is 10.2. The van der Waals surface area contributed by atoms with Crippen molar-refractivity contribution in [3.63, 3.8) is 0 Å². The van der Waals surface area contributed by atoms with E-state index in [1.807, 2.05) is 0 Å². The van der Waals surface area contributed by atoms with Crippen LogP contribution in [0, 0.1) is 5.92 Å². The fourth-order valence-corrected chi connectivity index (χ4v) is 6.71. The van der Waals surface area contributed by atoms with Crippen LogP contribution in [-0.2, 0) is 19.6 Å². The van der Waals surface area contributed by atoms with Gasteiger partial charge in [-0.2, -0.15) is 4.31 Å². The molecule has 26 heavy (non-hydrogen) atoms. The number of nitrogens with two attached hydrogens (primary N) is 1. The third-order valence-electron chi connectivity index (χ3n) is 4.54. The molecule has 3 aliphatic rings. The molecular weight excluding hydrogens is 413 g/mol. The van der Waals surface area contributed by atoms with E-state index in [1.54, 1.807) is 0 Å². The van der Waals surface area contributed by atoms with Crippen LogP contribution in [0.4, 0.5) is 5.13 Å². The minimum Gasteiger partial charge on any atom is -0.543 e. The average molecular weight is 425 g/mol. The monoisotopic (exact) mass is 425 g/mol. The molecule has 1 unspecified atom stereocenters. The predicted octanol–water partition coefficient (Wildman–Crippen LogP) is -4.95. The Morgan fingerprint density at radius 2 is 2.12 bits per heavy atom. The van der Waals surface area contributed by atoms with E-state index < -0.39 is 34.0 Å². The van der Waals surface area contributed by atoms with Crippen LogP contribution in [0.25, 0.3) is 0 Å². The number of thioether (sulfide) groups is 1. The standard InChI is InChI=1S/C12H13N5O5S3.Na/c1-25(21,22)16-3-2-4-5-6(16)9(18)17(5)7(10(19)20)8(4)23-12-15-14-11(13)24-12;/h4-6H,2-3H2,1H3,(H2,13,14)(H,19,20);/q;+1/p-1/t4?,5-,6+;/m1./s1. The second-order valence-electron chi connectivity index (χ2n) is 5.92. The van der Waals surface area contributed by atoms with Gasteiger partial charge in [0.05, 0.1) is 24.0 Å². The summed E-state index contributed by atoms with van der Waals surface area (Å²) in [6, 6.07) is -1.38. The Balaban J connectivity index is 0.00000196. The number of carboxylic acid groups (broad SMARTS) is 1. The van der Waals surface area contributed by atoms with Crippen molar-refractivity contribution in [2.24, 2.45) is 5.92 Å². The molecule has 3 atom stereocenters. The molecule has 3 aliphatic heterocycles. The molecule has 134 valence electrons. The Morgan fingerprint density at radius 1 is 1.42 bits per heavy atom. The fraction of sp³-hybridized carbons (Fsp3) is 0.500. The van der Waals surface area contributed by atoms with Gasteiger partial charge in [-0.1, -0.05) is 23.1 Å². The molecule has 1 amide bonds. The third-order valence-corrected chi connectivity index (χ3v) is 7.83. The number of aliphatic carboxylic acids is 1. The van der Waals surface area contributed by atoms with Gasteiger partial charge in [-0.05, 0) is 6.42 Å². The fourth-order valence-electron chi connectivity index (χ4n) is 3.65. The van der Waals surface area contributed by atoms with Crippen LogP contribution in [0.1, 0.15) is 6.42 Å².